The van der Waals surface area contributed by atoms with Crippen LogP contribution in [0, 0.1) is 23.2 Å². The monoisotopic (exact) mass is 356 g/mol. The highest BCUT2D eigenvalue weighted by Crippen LogP contribution is 2.61. The third-order valence-electron chi connectivity index (χ3n) is 7.58. The number of amides is 1. The summed E-state index contributed by atoms with van der Waals surface area (Å²) in [7, 11) is 1.96. The van der Waals surface area contributed by atoms with E-state index < -0.39 is 0 Å². The molecule has 1 saturated heterocycles. The van der Waals surface area contributed by atoms with E-state index in [1.54, 1.807) is 0 Å². The summed E-state index contributed by atoms with van der Waals surface area (Å²) in [5.41, 5.74) is 1.64. The van der Waals surface area contributed by atoms with Gasteiger partial charge in [-0.1, -0.05) is 0 Å². The van der Waals surface area contributed by atoms with Gasteiger partial charge < -0.3 is 4.90 Å². The van der Waals surface area contributed by atoms with E-state index in [9.17, 15) is 4.79 Å². The second kappa shape index (κ2) is 6.36. The molecule has 2 heterocycles. The first kappa shape index (κ1) is 16.8. The zero-order chi connectivity index (χ0) is 17.7. The number of rotatable bonds is 4. The Morgan fingerprint density at radius 3 is 2.23 bits per heavy atom. The van der Waals surface area contributed by atoms with Gasteiger partial charge in [-0.05, 0) is 61.7 Å². The number of nitrogens with zero attached hydrogens (tertiary/aromatic N) is 4. The summed E-state index contributed by atoms with van der Waals surface area (Å²) in [6.07, 6.45) is 13.3. The number of hydrogen-bond donors (Lipinski definition) is 0. The molecular formula is C21H32N4O. The summed E-state index contributed by atoms with van der Waals surface area (Å²) in [6, 6.07) is 0. The molecule has 26 heavy (non-hydrogen) atoms. The Kier molecular flexibility index (Phi) is 4.11. The summed E-state index contributed by atoms with van der Waals surface area (Å²) in [5, 5.41) is 4.25. The van der Waals surface area contributed by atoms with Crippen molar-refractivity contribution in [2.75, 3.05) is 26.2 Å². The summed E-state index contributed by atoms with van der Waals surface area (Å²) in [6.45, 7) is 4.71. The number of carbonyl (C=O) groups is 1. The van der Waals surface area contributed by atoms with Gasteiger partial charge in [0.05, 0.1) is 6.20 Å². The predicted molar refractivity (Wildman–Crippen MR) is 100 cm³/mol. The zero-order valence-electron chi connectivity index (χ0n) is 16.1. The van der Waals surface area contributed by atoms with Crippen LogP contribution in [0.4, 0.5) is 0 Å². The first-order valence-corrected chi connectivity index (χ1v) is 10.5. The van der Waals surface area contributed by atoms with Crippen molar-refractivity contribution in [3.8, 4) is 0 Å². The van der Waals surface area contributed by atoms with Gasteiger partial charge in [0.25, 0.3) is 0 Å². The molecule has 1 aromatic rings. The molecular weight excluding hydrogens is 324 g/mol. The summed E-state index contributed by atoms with van der Waals surface area (Å²) >= 11 is 0. The second-order valence-corrected chi connectivity index (χ2v) is 9.77. The van der Waals surface area contributed by atoms with Gasteiger partial charge in [-0.3, -0.25) is 14.4 Å². The molecule has 142 valence electrons. The SMILES string of the molecule is Cn1cc(CN2CCN(C(=O)CC34CC5CC(CC(C5)C3)C4)CC2)cn1. The average molecular weight is 357 g/mol. The first-order chi connectivity index (χ1) is 12.6. The summed E-state index contributed by atoms with van der Waals surface area (Å²) in [4.78, 5) is 17.6. The van der Waals surface area contributed by atoms with E-state index in [4.69, 9.17) is 0 Å². The van der Waals surface area contributed by atoms with Crippen LogP contribution in [0.25, 0.3) is 0 Å². The zero-order valence-corrected chi connectivity index (χ0v) is 16.1. The molecule has 0 N–H and O–H groups in total. The molecule has 5 fully saturated rings. The molecule has 6 rings (SSSR count). The normalized spacial score (nSPS) is 36.7. The average Bonchev–Trinajstić information content (AvgIpc) is 2.98. The molecule has 1 aliphatic heterocycles. The van der Waals surface area contributed by atoms with E-state index in [1.807, 2.05) is 17.9 Å². The predicted octanol–water partition coefficient (Wildman–Crippen LogP) is 2.67. The fourth-order valence-corrected chi connectivity index (χ4v) is 6.91. The van der Waals surface area contributed by atoms with Crippen molar-refractivity contribution in [3.63, 3.8) is 0 Å². The quantitative estimate of drug-likeness (QED) is 0.833. The van der Waals surface area contributed by atoms with E-state index in [0.29, 0.717) is 11.3 Å². The maximum atomic E-state index is 13.0. The molecule has 0 spiro atoms. The lowest BCUT2D eigenvalue weighted by Crippen LogP contribution is -2.52. The van der Waals surface area contributed by atoms with E-state index in [1.165, 1.54) is 44.1 Å². The van der Waals surface area contributed by atoms with Gasteiger partial charge in [0, 0.05) is 58.0 Å². The molecule has 4 aliphatic carbocycles. The molecule has 0 atom stereocenters. The van der Waals surface area contributed by atoms with Gasteiger partial charge in [0.15, 0.2) is 0 Å². The van der Waals surface area contributed by atoms with Gasteiger partial charge >= 0.3 is 0 Å². The lowest BCUT2D eigenvalue weighted by Gasteiger charge is -2.57. The Morgan fingerprint density at radius 1 is 1.08 bits per heavy atom. The molecule has 4 saturated carbocycles. The molecule has 0 unspecified atom stereocenters. The smallest absolute Gasteiger partial charge is 0.223 e. The Labute approximate surface area is 156 Å². The Morgan fingerprint density at radius 2 is 1.69 bits per heavy atom. The summed E-state index contributed by atoms with van der Waals surface area (Å²) in [5.74, 6) is 3.24. The van der Waals surface area contributed by atoms with Gasteiger partial charge in [-0.2, -0.15) is 5.10 Å². The number of piperazine rings is 1. The molecule has 1 aromatic heterocycles. The van der Waals surface area contributed by atoms with Crippen LogP contribution >= 0.6 is 0 Å². The second-order valence-electron chi connectivity index (χ2n) is 9.77. The highest BCUT2D eigenvalue weighted by Gasteiger charge is 2.51. The van der Waals surface area contributed by atoms with Crippen LogP contribution < -0.4 is 0 Å². The van der Waals surface area contributed by atoms with Crippen molar-refractivity contribution >= 4 is 5.91 Å². The minimum atomic E-state index is 0.374. The van der Waals surface area contributed by atoms with Crippen molar-refractivity contribution in [2.45, 2.75) is 51.5 Å². The Balaban J connectivity index is 1.15. The first-order valence-electron chi connectivity index (χ1n) is 10.5. The van der Waals surface area contributed by atoms with Crippen LogP contribution in [0.15, 0.2) is 12.4 Å². The fourth-order valence-electron chi connectivity index (χ4n) is 6.91. The number of aryl methyl sites for hydroxylation is 1. The highest BCUT2D eigenvalue weighted by atomic mass is 16.2. The lowest BCUT2D eigenvalue weighted by atomic mass is 9.49. The Hall–Kier alpha value is -1.36. The topological polar surface area (TPSA) is 41.4 Å². The van der Waals surface area contributed by atoms with Gasteiger partial charge in [-0.15, -0.1) is 0 Å². The molecule has 5 nitrogen and oxygen atoms in total. The maximum absolute atomic E-state index is 13.0. The van der Waals surface area contributed by atoms with E-state index >= 15 is 0 Å². The summed E-state index contributed by atoms with van der Waals surface area (Å²) < 4.78 is 1.86. The largest absolute Gasteiger partial charge is 0.340 e. The van der Waals surface area contributed by atoms with E-state index in [2.05, 4.69) is 21.1 Å². The van der Waals surface area contributed by atoms with E-state index in [-0.39, 0.29) is 0 Å². The Bertz CT molecular complexity index is 638. The third-order valence-corrected chi connectivity index (χ3v) is 7.58. The molecule has 5 heteroatoms. The minimum Gasteiger partial charge on any atom is -0.340 e. The number of aromatic nitrogens is 2. The van der Waals surface area contributed by atoms with Crippen molar-refractivity contribution in [1.82, 2.24) is 19.6 Å². The highest BCUT2D eigenvalue weighted by molar-refractivity contribution is 5.77. The van der Waals surface area contributed by atoms with Crippen molar-refractivity contribution < 1.29 is 4.79 Å². The van der Waals surface area contributed by atoms with Crippen LogP contribution in [-0.2, 0) is 18.4 Å². The molecule has 0 radical (unpaired) electrons. The third kappa shape index (κ3) is 3.19. The molecule has 4 bridgehead atoms. The lowest BCUT2D eigenvalue weighted by molar-refractivity contribution is -0.141. The van der Waals surface area contributed by atoms with Gasteiger partial charge in [-0.25, -0.2) is 0 Å². The minimum absolute atomic E-state index is 0.374. The van der Waals surface area contributed by atoms with Crippen LogP contribution in [0.3, 0.4) is 0 Å². The maximum Gasteiger partial charge on any atom is 0.223 e. The van der Waals surface area contributed by atoms with Crippen LogP contribution in [0.1, 0.15) is 50.5 Å². The van der Waals surface area contributed by atoms with Gasteiger partial charge in [0.1, 0.15) is 0 Å². The molecule has 5 aliphatic rings. The molecule has 1 amide bonds. The van der Waals surface area contributed by atoms with Crippen molar-refractivity contribution in [3.05, 3.63) is 18.0 Å². The molecule has 0 aromatic carbocycles. The standard InChI is InChI=1S/C21H32N4O/c1-23-14-19(13-22-23)15-24-2-4-25(5-3-24)20(26)12-21-9-16-6-17(10-21)8-18(7-16)11-21/h13-14,16-18H,2-12,15H2,1H3. The fraction of sp³-hybridized carbons (Fsp3) is 0.810. The number of carbonyl (C=O) groups excluding carboxylic acids is 1. The number of hydrogen-bond acceptors (Lipinski definition) is 3. The van der Waals surface area contributed by atoms with Crippen LogP contribution in [0.5, 0.6) is 0 Å². The van der Waals surface area contributed by atoms with E-state index in [0.717, 1.165) is 56.9 Å². The van der Waals surface area contributed by atoms with Crippen molar-refractivity contribution in [2.24, 2.45) is 30.2 Å². The van der Waals surface area contributed by atoms with Crippen LogP contribution in [-0.4, -0.2) is 51.7 Å². The van der Waals surface area contributed by atoms with Crippen LogP contribution in [0.2, 0.25) is 0 Å². The van der Waals surface area contributed by atoms with Crippen molar-refractivity contribution in [1.29, 1.82) is 0 Å². The van der Waals surface area contributed by atoms with Gasteiger partial charge in [0.2, 0.25) is 5.91 Å².